The van der Waals surface area contributed by atoms with Crippen LogP contribution < -0.4 is 5.32 Å². The zero-order valence-electron chi connectivity index (χ0n) is 9.14. The van der Waals surface area contributed by atoms with E-state index in [9.17, 15) is 4.79 Å². The summed E-state index contributed by atoms with van der Waals surface area (Å²) in [6, 6.07) is 1.78. The van der Waals surface area contributed by atoms with E-state index in [0.29, 0.717) is 25.4 Å². The number of methoxy groups -OCH3 is 1. The second kappa shape index (κ2) is 6.73. The van der Waals surface area contributed by atoms with Gasteiger partial charge in [0.25, 0.3) is 0 Å². The number of carbonyl (C=O) groups is 1. The van der Waals surface area contributed by atoms with Crippen molar-refractivity contribution < 1.29 is 14.6 Å². The number of hydrogen-bond acceptors (Lipinski definition) is 5. The summed E-state index contributed by atoms with van der Waals surface area (Å²) in [7, 11) is 1.60. The van der Waals surface area contributed by atoms with E-state index < -0.39 is 5.97 Å². The molecule has 6 nitrogen and oxygen atoms in total. The Hall–Kier alpha value is -1.69. The van der Waals surface area contributed by atoms with Crippen molar-refractivity contribution in [2.24, 2.45) is 0 Å². The molecule has 1 heterocycles. The Morgan fingerprint density at radius 1 is 1.56 bits per heavy atom. The molecule has 0 aliphatic rings. The number of rotatable bonds is 7. The molecule has 0 amide bonds. The molecular formula is C10H15N3O3. The highest BCUT2D eigenvalue weighted by molar-refractivity contribution is 5.66. The van der Waals surface area contributed by atoms with Crippen LogP contribution in [0.1, 0.15) is 18.5 Å². The molecule has 1 aromatic heterocycles. The Morgan fingerprint density at radius 3 is 3.06 bits per heavy atom. The van der Waals surface area contributed by atoms with Gasteiger partial charge in [0.2, 0.25) is 0 Å². The first-order valence-electron chi connectivity index (χ1n) is 4.98. The number of aliphatic carboxylic acids is 1. The molecule has 0 fully saturated rings. The van der Waals surface area contributed by atoms with Crippen LogP contribution in [0, 0.1) is 0 Å². The highest BCUT2D eigenvalue weighted by Crippen LogP contribution is 2.05. The maximum absolute atomic E-state index is 10.3. The number of anilines is 1. The maximum atomic E-state index is 10.3. The van der Waals surface area contributed by atoms with Crippen molar-refractivity contribution >= 4 is 11.8 Å². The number of carboxylic acids is 1. The van der Waals surface area contributed by atoms with E-state index >= 15 is 0 Å². The molecule has 0 aliphatic carbocycles. The van der Waals surface area contributed by atoms with Gasteiger partial charge in [0.05, 0.1) is 12.3 Å². The first kappa shape index (κ1) is 12.4. The first-order chi connectivity index (χ1) is 7.72. The van der Waals surface area contributed by atoms with Gasteiger partial charge in [-0.25, -0.2) is 9.97 Å². The quantitative estimate of drug-likeness (QED) is 0.671. The van der Waals surface area contributed by atoms with Gasteiger partial charge in [0.15, 0.2) is 0 Å². The lowest BCUT2D eigenvalue weighted by Crippen LogP contribution is -2.07. The van der Waals surface area contributed by atoms with Crippen LogP contribution in [0.15, 0.2) is 12.4 Å². The molecular weight excluding hydrogens is 210 g/mol. The van der Waals surface area contributed by atoms with Crippen molar-refractivity contribution in [2.75, 3.05) is 19.0 Å². The van der Waals surface area contributed by atoms with E-state index in [1.54, 1.807) is 13.2 Å². The van der Waals surface area contributed by atoms with Gasteiger partial charge >= 0.3 is 5.97 Å². The molecule has 0 unspecified atom stereocenters. The fraction of sp³-hybridized carbons (Fsp3) is 0.500. The standard InChI is InChI=1S/C10H15N3O3/c1-16-6-8-5-9(13-7-12-8)11-4-2-3-10(14)15/h5,7H,2-4,6H2,1H3,(H,14,15)(H,11,12,13). The normalized spacial score (nSPS) is 10.1. The van der Waals surface area contributed by atoms with E-state index in [1.807, 2.05) is 0 Å². The van der Waals surface area contributed by atoms with Crippen LogP contribution in [0.5, 0.6) is 0 Å². The minimum absolute atomic E-state index is 0.156. The van der Waals surface area contributed by atoms with Gasteiger partial charge in [0.1, 0.15) is 12.1 Å². The van der Waals surface area contributed by atoms with Crippen LogP contribution in [0.3, 0.4) is 0 Å². The summed E-state index contributed by atoms with van der Waals surface area (Å²) in [4.78, 5) is 18.3. The highest BCUT2D eigenvalue weighted by atomic mass is 16.5. The molecule has 0 spiro atoms. The Morgan fingerprint density at radius 2 is 2.38 bits per heavy atom. The second-order valence-corrected chi connectivity index (χ2v) is 3.25. The van der Waals surface area contributed by atoms with Crippen LogP contribution in [0.25, 0.3) is 0 Å². The van der Waals surface area contributed by atoms with E-state index in [4.69, 9.17) is 9.84 Å². The highest BCUT2D eigenvalue weighted by Gasteiger charge is 1.99. The number of ether oxygens (including phenoxy) is 1. The summed E-state index contributed by atoms with van der Waals surface area (Å²) in [5.41, 5.74) is 0.790. The van der Waals surface area contributed by atoms with Gasteiger partial charge < -0.3 is 15.2 Å². The third kappa shape index (κ3) is 4.70. The first-order valence-corrected chi connectivity index (χ1v) is 4.98. The van der Waals surface area contributed by atoms with E-state index in [-0.39, 0.29) is 6.42 Å². The van der Waals surface area contributed by atoms with Gasteiger partial charge in [-0.15, -0.1) is 0 Å². The van der Waals surface area contributed by atoms with Crippen LogP contribution in [0.2, 0.25) is 0 Å². The fourth-order valence-corrected chi connectivity index (χ4v) is 1.18. The van der Waals surface area contributed by atoms with E-state index in [1.165, 1.54) is 6.33 Å². The average molecular weight is 225 g/mol. The summed E-state index contributed by atoms with van der Waals surface area (Å²) in [6.07, 6.45) is 2.18. The fourth-order valence-electron chi connectivity index (χ4n) is 1.18. The van der Waals surface area contributed by atoms with Gasteiger partial charge in [0, 0.05) is 26.1 Å². The summed E-state index contributed by atoms with van der Waals surface area (Å²) in [6.45, 7) is 1.02. The van der Waals surface area contributed by atoms with Crippen molar-refractivity contribution in [3.05, 3.63) is 18.1 Å². The topological polar surface area (TPSA) is 84.3 Å². The van der Waals surface area contributed by atoms with Gasteiger partial charge in [-0.05, 0) is 6.42 Å². The molecule has 0 aromatic carbocycles. The maximum Gasteiger partial charge on any atom is 0.303 e. The summed E-state index contributed by atoms with van der Waals surface area (Å²) < 4.78 is 4.94. The molecule has 6 heteroatoms. The zero-order valence-corrected chi connectivity index (χ0v) is 9.14. The van der Waals surface area contributed by atoms with Crippen molar-refractivity contribution in [1.82, 2.24) is 9.97 Å². The van der Waals surface area contributed by atoms with Gasteiger partial charge in [-0.3, -0.25) is 4.79 Å². The monoisotopic (exact) mass is 225 g/mol. The number of nitrogens with zero attached hydrogens (tertiary/aromatic N) is 2. The van der Waals surface area contributed by atoms with Crippen molar-refractivity contribution in [3.63, 3.8) is 0 Å². The lowest BCUT2D eigenvalue weighted by Gasteiger charge is -2.05. The molecule has 0 saturated carbocycles. The van der Waals surface area contributed by atoms with Gasteiger partial charge in [-0.1, -0.05) is 0 Å². The smallest absolute Gasteiger partial charge is 0.303 e. The minimum atomic E-state index is -0.787. The average Bonchev–Trinajstić information content (AvgIpc) is 2.25. The van der Waals surface area contributed by atoms with Crippen LogP contribution >= 0.6 is 0 Å². The molecule has 1 rings (SSSR count). The molecule has 0 radical (unpaired) electrons. The number of nitrogens with one attached hydrogen (secondary N) is 1. The predicted octanol–water partition coefficient (Wildman–Crippen LogP) is 0.900. The van der Waals surface area contributed by atoms with Crippen LogP contribution in [-0.2, 0) is 16.1 Å². The zero-order chi connectivity index (χ0) is 11.8. The van der Waals surface area contributed by atoms with E-state index in [0.717, 1.165) is 5.69 Å². The third-order valence-electron chi connectivity index (χ3n) is 1.89. The predicted molar refractivity (Wildman–Crippen MR) is 58.1 cm³/mol. The summed E-state index contributed by atoms with van der Waals surface area (Å²) >= 11 is 0. The van der Waals surface area contributed by atoms with Crippen molar-refractivity contribution in [1.29, 1.82) is 0 Å². The molecule has 0 atom stereocenters. The lowest BCUT2D eigenvalue weighted by atomic mass is 10.3. The Kier molecular flexibility index (Phi) is 5.21. The second-order valence-electron chi connectivity index (χ2n) is 3.25. The Labute approximate surface area is 93.7 Å². The molecule has 0 saturated heterocycles. The molecule has 16 heavy (non-hydrogen) atoms. The largest absolute Gasteiger partial charge is 0.481 e. The number of carboxylic acid groups (broad SMARTS) is 1. The molecule has 0 aliphatic heterocycles. The molecule has 88 valence electrons. The van der Waals surface area contributed by atoms with Crippen LogP contribution in [0.4, 0.5) is 5.82 Å². The van der Waals surface area contributed by atoms with E-state index in [2.05, 4.69) is 15.3 Å². The van der Waals surface area contributed by atoms with Crippen molar-refractivity contribution in [2.45, 2.75) is 19.4 Å². The van der Waals surface area contributed by atoms with Gasteiger partial charge in [-0.2, -0.15) is 0 Å². The molecule has 2 N–H and O–H groups in total. The lowest BCUT2D eigenvalue weighted by molar-refractivity contribution is -0.137. The summed E-state index contributed by atoms with van der Waals surface area (Å²) in [5.74, 6) is -0.100. The van der Waals surface area contributed by atoms with Crippen molar-refractivity contribution in [3.8, 4) is 0 Å². The molecule has 0 bridgehead atoms. The SMILES string of the molecule is COCc1cc(NCCCC(=O)O)ncn1. The Bertz CT molecular complexity index is 344. The number of hydrogen-bond donors (Lipinski definition) is 2. The number of aromatic nitrogens is 2. The minimum Gasteiger partial charge on any atom is -0.481 e. The Balaban J connectivity index is 2.35. The summed E-state index contributed by atoms with van der Waals surface area (Å²) in [5, 5.41) is 11.5. The van der Waals surface area contributed by atoms with Crippen LogP contribution in [-0.4, -0.2) is 34.7 Å². The third-order valence-corrected chi connectivity index (χ3v) is 1.89. The molecule has 1 aromatic rings.